The first-order valence-corrected chi connectivity index (χ1v) is 7.58. The van der Waals surface area contributed by atoms with Gasteiger partial charge in [-0.25, -0.2) is 0 Å². The van der Waals surface area contributed by atoms with E-state index >= 15 is 0 Å². The maximum atomic E-state index is 5.30. The molecule has 0 aliphatic rings. The smallest absolute Gasteiger partial charge is 0.121 e. The van der Waals surface area contributed by atoms with Gasteiger partial charge in [0.2, 0.25) is 0 Å². The second kappa shape index (κ2) is 8.98. The summed E-state index contributed by atoms with van der Waals surface area (Å²) in [5.41, 5.74) is 2.55. The summed E-state index contributed by atoms with van der Waals surface area (Å²) in [6, 6.07) is 7.09. The standard InChI is InChI=1S/C17H29NO/c1-5-7-9-16(8-6-2)18-13-15-10-11-17(19-4)14(3)12-15/h10-12,16,18H,5-9,13H2,1-4H3. The highest BCUT2D eigenvalue weighted by atomic mass is 16.5. The SMILES string of the molecule is CCCCC(CCC)NCc1ccc(OC)c(C)c1. The van der Waals surface area contributed by atoms with Crippen LogP contribution < -0.4 is 10.1 Å². The predicted molar refractivity (Wildman–Crippen MR) is 82.8 cm³/mol. The van der Waals surface area contributed by atoms with Gasteiger partial charge in [-0.15, -0.1) is 0 Å². The highest BCUT2D eigenvalue weighted by molar-refractivity contribution is 5.36. The van der Waals surface area contributed by atoms with Gasteiger partial charge in [0.1, 0.15) is 5.75 Å². The number of nitrogens with one attached hydrogen (secondary N) is 1. The van der Waals surface area contributed by atoms with Gasteiger partial charge in [0, 0.05) is 12.6 Å². The van der Waals surface area contributed by atoms with Crippen LogP contribution in [0.15, 0.2) is 18.2 Å². The largest absolute Gasteiger partial charge is 0.496 e. The number of rotatable bonds is 9. The Balaban J connectivity index is 2.50. The zero-order chi connectivity index (χ0) is 14.1. The molecule has 1 aromatic rings. The van der Waals surface area contributed by atoms with Gasteiger partial charge >= 0.3 is 0 Å². The molecule has 1 N–H and O–H groups in total. The summed E-state index contributed by atoms with van der Waals surface area (Å²) < 4.78 is 5.30. The van der Waals surface area contributed by atoms with Crippen LogP contribution in [0.5, 0.6) is 5.75 Å². The predicted octanol–water partition coefficient (Wildman–Crippen LogP) is 4.45. The number of ether oxygens (including phenoxy) is 1. The summed E-state index contributed by atoms with van der Waals surface area (Å²) >= 11 is 0. The third-order valence-electron chi connectivity index (χ3n) is 3.60. The number of hydrogen-bond acceptors (Lipinski definition) is 2. The van der Waals surface area contributed by atoms with E-state index in [1.807, 2.05) is 0 Å². The van der Waals surface area contributed by atoms with Crippen molar-refractivity contribution in [2.24, 2.45) is 0 Å². The van der Waals surface area contributed by atoms with E-state index in [1.165, 1.54) is 43.2 Å². The number of unbranched alkanes of at least 4 members (excludes halogenated alkanes) is 1. The molecule has 2 nitrogen and oxygen atoms in total. The lowest BCUT2D eigenvalue weighted by molar-refractivity contribution is 0.410. The maximum absolute atomic E-state index is 5.30. The molecule has 1 atom stereocenters. The first kappa shape index (κ1) is 16.0. The summed E-state index contributed by atoms with van der Waals surface area (Å²) in [6.45, 7) is 7.58. The van der Waals surface area contributed by atoms with Crippen LogP contribution in [-0.2, 0) is 6.54 Å². The molecule has 0 aliphatic heterocycles. The molecule has 0 radical (unpaired) electrons. The Kier molecular flexibility index (Phi) is 7.57. The Morgan fingerprint density at radius 2 is 1.95 bits per heavy atom. The number of aryl methyl sites for hydroxylation is 1. The average molecular weight is 263 g/mol. The van der Waals surface area contributed by atoms with Crippen molar-refractivity contribution in [3.05, 3.63) is 29.3 Å². The number of benzene rings is 1. The van der Waals surface area contributed by atoms with Crippen molar-refractivity contribution in [3.63, 3.8) is 0 Å². The normalized spacial score (nSPS) is 12.4. The first-order valence-electron chi connectivity index (χ1n) is 7.58. The molecule has 0 saturated heterocycles. The second-order valence-corrected chi connectivity index (χ2v) is 5.31. The van der Waals surface area contributed by atoms with Gasteiger partial charge in [0.15, 0.2) is 0 Å². The average Bonchev–Trinajstić information content (AvgIpc) is 2.42. The second-order valence-electron chi connectivity index (χ2n) is 5.31. The molecular weight excluding hydrogens is 234 g/mol. The van der Waals surface area contributed by atoms with Crippen molar-refractivity contribution >= 4 is 0 Å². The molecule has 0 saturated carbocycles. The van der Waals surface area contributed by atoms with Crippen LogP contribution in [0.2, 0.25) is 0 Å². The summed E-state index contributed by atoms with van der Waals surface area (Å²) in [7, 11) is 1.72. The third-order valence-corrected chi connectivity index (χ3v) is 3.60. The zero-order valence-corrected chi connectivity index (χ0v) is 13.0. The van der Waals surface area contributed by atoms with Crippen molar-refractivity contribution in [2.75, 3.05) is 7.11 Å². The summed E-state index contributed by atoms with van der Waals surface area (Å²) in [5, 5.41) is 3.70. The molecule has 1 aromatic carbocycles. The molecular formula is C17H29NO. The minimum atomic E-state index is 0.660. The van der Waals surface area contributed by atoms with Gasteiger partial charge in [-0.2, -0.15) is 0 Å². The van der Waals surface area contributed by atoms with E-state index in [2.05, 4.69) is 44.3 Å². The van der Waals surface area contributed by atoms with E-state index < -0.39 is 0 Å². The van der Waals surface area contributed by atoms with Crippen molar-refractivity contribution in [1.29, 1.82) is 0 Å². The highest BCUT2D eigenvalue weighted by Crippen LogP contribution is 2.18. The van der Waals surface area contributed by atoms with Crippen molar-refractivity contribution < 1.29 is 4.74 Å². The minimum Gasteiger partial charge on any atom is -0.496 e. The van der Waals surface area contributed by atoms with Gasteiger partial charge in [-0.3, -0.25) is 0 Å². The monoisotopic (exact) mass is 263 g/mol. The quantitative estimate of drug-likeness (QED) is 0.710. The van der Waals surface area contributed by atoms with Gasteiger partial charge in [-0.05, 0) is 37.0 Å². The van der Waals surface area contributed by atoms with Crippen molar-refractivity contribution in [2.45, 2.75) is 65.5 Å². The molecule has 1 unspecified atom stereocenters. The van der Waals surface area contributed by atoms with Crippen LogP contribution in [0.25, 0.3) is 0 Å². The molecule has 0 fully saturated rings. The van der Waals surface area contributed by atoms with Crippen LogP contribution in [-0.4, -0.2) is 13.2 Å². The molecule has 0 amide bonds. The molecule has 2 heteroatoms. The summed E-state index contributed by atoms with van der Waals surface area (Å²) in [4.78, 5) is 0. The third kappa shape index (κ3) is 5.65. The summed E-state index contributed by atoms with van der Waals surface area (Å²) in [5.74, 6) is 0.972. The minimum absolute atomic E-state index is 0.660. The Morgan fingerprint density at radius 3 is 2.53 bits per heavy atom. The molecule has 0 aromatic heterocycles. The van der Waals surface area contributed by atoms with Gasteiger partial charge in [0.05, 0.1) is 7.11 Å². The highest BCUT2D eigenvalue weighted by Gasteiger charge is 2.07. The van der Waals surface area contributed by atoms with E-state index in [0.717, 1.165) is 12.3 Å². The fourth-order valence-corrected chi connectivity index (χ4v) is 2.46. The number of methoxy groups -OCH3 is 1. The summed E-state index contributed by atoms with van der Waals surface area (Å²) in [6.07, 6.45) is 6.42. The Bertz CT molecular complexity index is 362. The first-order chi connectivity index (χ1) is 9.21. The fourth-order valence-electron chi connectivity index (χ4n) is 2.46. The van der Waals surface area contributed by atoms with Crippen LogP contribution in [0.4, 0.5) is 0 Å². The van der Waals surface area contributed by atoms with Crippen LogP contribution in [0, 0.1) is 6.92 Å². The maximum Gasteiger partial charge on any atom is 0.121 e. The van der Waals surface area contributed by atoms with E-state index in [4.69, 9.17) is 4.74 Å². The van der Waals surface area contributed by atoms with Crippen LogP contribution >= 0.6 is 0 Å². The van der Waals surface area contributed by atoms with Crippen molar-refractivity contribution in [3.8, 4) is 5.75 Å². The molecule has 0 bridgehead atoms. The molecule has 0 aliphatic carbocycles. The number of hydrogen-bond donors (Lipinski definition) is 1. The Morgan fingerprint density at radius 1 is 1.16 bits per heavy atom. The van der Waals surface area contributed by atoms with E-state index in [1.54, 1.807) is 7.11 Å². The van der Waals surface area contributed by atoms with Crippen LogP contribution in [0.3, 0.4) is 0 Å². The molecule has 0 spiro atoms. The van der Waals surface area contributed by atoms with Crippen LogP contribution in [0.1, 0.15) is 57.1 Å². The Labute approximate surface area is 118 Å². The molecule has 19 heavy (non-hydrogen) atoms. The molecule has 1 rings (SSSR count). The van der Waals surface area contributed by atoms with Crippen molar-refractivity contribution in [1.82, 2.24) is 5.32 Å². The topological polar surface area (TPSA) is 21.3 Å². The van der Waals surface area contributed by atoms with E-state index in [9.17, 15) is 0 Å². The lowest BCUT2D eigenvalue weighted by Crippen LogP contribution is -2.28. The van der Waals surface area contributed by atoms with Gasteiger partial charge in [0.25, 0.3) is 0 Å². The molecule has 108 valence electrons. The van der Waals surface area contributed by atoms with E-state index in [0.29, 0.717) is 6.04 Å². The van der Waals surface area contributed by atoms with Gasteiger partial charge < -0.3 is 10.1 Å². The lowest BCUT2D eigenvalue weighted by atomic mass is 10.0. The lowest BCUT2D eigenvalue weighted by Gasteiger charge is -2.18. The molecule has 0 heterocycles. The zero-order valence-electron chi connectivity index (χ0n) is 13.0. The van der Waals surface area contributed by atoms with E-state index in [-0.39, 0.29) is 0 Å². The van der Waals surface area contributed by atoms with Gasteiger partial charge in [-0.1, -0.05) is 45.2 Å². The fraction of sp³-hybridized carbons (Fsp3) is 0.647. The Hall–Kier alpha value is -1.02.